The molecule has 3 heteroatoms. The van der Waals surface area contributed by atoms with Crippen molar-refractivity contribution in [3.63, 3.8) is 0 Å². The van der Waals surface area contributed by atoms with E-state index in [1.54, 1.807) is 19.1 Å². The summed E-state index contributed by atoms with van der Waals surface area (Å²) in [5.74, 6) is 0.156. The van der Waals surface area contributed by atoms with Crippen molar-refractivity contribution in [2.45, 2.75) is 44.4 Å². The molecule has 0 fully saturated rings. The van der Waals surface area contributed by atoms with E-state index in [1.165, 1.54) is 5.56 Å². The van der Waals surface area contributed by atoms with Gasteiger partial charge in [0.15, 0.2) is 9.84 Å². The smallest absolute Gasteiger partial charge is 0.178 e. The Kier molecular flexibility index (Phi) is 3.79. The van der Waals surface area contributed by atoms with Gasteiger partial charge < -0.3 is 0 Å². The van der Waals surface area contributed by atoms with Gasteiger partial charge in [0.05, 0.1) is 10.6 Å². The van der Waals surface area contributed by atoms with Crippen molar-refractivity contribution in [2.24, 2.45) is 0 Å². The zero-order valence-electron chi connectivity index (χ0n) is 10.4. The van der Waals surface area contributed by atoms with E-state index < -0.39 is 9.84 Å². The van der Waals surface area contributed by atoms with Gasteiger partial charge >= 0.3 is 0 Å². The van der Waals surface area contributed by atoms with Gasteiger partial charge in [-0.1, -0.05) is 39.8 Å². The van der Waals surface area contributed by atoms with Crippen LogP contribution in [-0.2, 0) is 15.3 Å². The molecule has 0 spiro atoms. The molecule has 1 rings (SSSR count). The highest BCUT2D eigenvalue weighted by Gasteiger charge is 2.19. The minimum absolute atomic E-state index is 0.106. The summed E-state index contributed by atoms with van der Waals surface area (Å²) in [6.07, 6.45) is 1.03. The number of benzene rings is 1. The normalized spacial score (nSPS) is 12.8. The van der Waals surface area contributed by atoms with Crippen LogP contribution in [0.1, 0.15) is 39.7 Å². The average Bonchev–Trinajstić information content (AvgIpc) is 2.29. The first-order chi connectivity index (χ1) is 7.33. The topological polar surface area (TPSA) is 34.1 Å². The van der Waals surface area contributed by atoms with Crippen molar-refractivity contribution in [1.82, 2.24) is 0 Å². The van der Waals surface area contributed by atoms with Gasteiger partial charge in [0, 0.05) is 0 Å². The van der Waals surface area contributed by atoms with Crippen molar-refractivity contribution in [1.29, 1.82) is 0 Å². The van der Waals surface area contributed by atoms with Crippen molar-refractivity contribution in [3.05, 3.63) is 29.8 Å². The van der Waals surface area contributed by atoms with Crippen molar-refractivity contribution in [2.75, 3.05) is 5.75 Å². The third-order valence-electron chi connectivity index (χ3n) is 3.26. The van der Waals surface area contributed by atoms with Gasteiger partial charge in [-0.15, -0.1) is 0 Å². The summed E-state index contributed by atoms with van der Waals surface area (Å²) in [6.45, 7) is 8.13. The zero-order valence-corrected chi connectivity index (χ0v) is 11.3. The van der Waals surface area contributed by atoms with Crippen LogP contribution in [0.25, 0.3) is 0 Å². The molecule has 0 atom stereocenters. The molecule has 90 valence electrons. The third-order valence-corrected chi connectivity index (χ3v) is 5.01. The third kappa shape index (κ3) is 2.64. The fraction of sp³-hybridized carbons (Fsp3) is 0.538. The van der Waals surface area contributed by atoms with Gasteiger partial charge in [-0.05, 0) is 29.5 Å². The highest BCUT2D eigenvalue weighted by Crippen LogP contribution is 2.27. The molecule has 0 amide bonds. The van der Waals surface area contributed by atoms with Crippen LogP contribution >= 0.6 is 0 Å². The monoisotopic (exact) mass is 240 g/mol. The molecule has 0 aliphatic rings. The Hall–Kier alpha value is -0.830. The number of hydrogen-bond donors (Lipinski definition) is 0. The zero-order chi connectivity index (χ0) is 12.4. The lowest BCUT2D eigenvalue weighted by Gasteiger charge is -2.23. The highest BCUT2D eigenvalue weighted by molar-refractivity contribution is 7.91. The van der Waals surface area contributed by atoms with Crippen molar-refractivity contribution in [3.8, 4) is 0 Å². The lowest BCUT2D eigenvalue weighted by Crippen LogP contribution is -2.15. The Morgan fingerprint density at radius 3 is 1.94 bits per heavy atom. The van der Waals surface area contributed by atoms with E-state index in [1.807, 2.05) is 12.1 Å². The van der Waals surface area contributed by atoms with Crippen LogP contribution in [-0.4, -0.2) is 14.2 Å². The van der Waals surface area contributed by atoms with E-state index in [9.17, 15) is 8.42 Å². The van der Waals surface area contributed by atoms with E-state index >= 15 is 0 Å². The summed E-state index contributed by atoms with van der Waals surface area (Å²) in [4.78, 5) is 0.422. The quantitative estimate of drug-likeness (QED) is 0.810. The van der Waals surface area contributed by atoms with Gasteiger partial charge in [-0.2, -0.15) is 0 Å². The molecule has 0 N–H and O–H groups in total. The summed E-state index contributed by atoms with van der Waals surface area (Å²) < 4.78 is 23.3. The number of rotatable bonds is 4. The van der Waals surface area contributed by atoms with Crippen molar-refractivity contribution >= 4 is 9.84 Å². The second-order valence-corrected chi connectivity index (χ2v) is 6.94. The van der Waals surface area contributed by atoms with Gasteiger partial charge in [-0.3, -0.25) is 0 Å². The molecule has 0 unspecified atom stereocenters. The van der Waals surface area contributed by atoms with Crippen LogP contribution in [0.15, 0.2) is 29.2 Å². The summed E-state index contributed by atoms with van der Waals surface area (Å²) >= 11 is 0. The highest BCUT2D eigenvalue weighted by atomic mass is 32.2. The first-order valence-electron chi connectivity index (χ1n) is 5.67. The molecule has 0 bridgehead atoms. The van der Waals surface area contributed by atoms with Gasteiger partial charge in [0.25, 0.3) is 0 Å². The molecule has 1 aromatic rings. The fourth-order valence-electron chi connectivity index (χ4n) is 1.48. The molecule has 16 heavy (non-hydrogen) atoms. The van der Waals surface area contributed by atoms with Crippen LogP contribution in [0.5, 0.6) is 0 Å². The minimum Gasteiger partial charge on any atom is -0.224 e. The summed E-state index contributed by atoms with van der Waals surface area (Å²) in [6, 6.07) is 7.27. The predicted octanol–water partition coefficient (Wildman–Crippen LogP) is 3.17. The number of sulfone groups is 1. The second kappa shape index (κ2) is 4.58. The molecule has 0 aliphatic heterocycles. The molecule has 2 nitrogen and oxygen atoms in total. The van der Waals surface area contributed by atoms with E-state index in [2.05, 4.69) is 20.8 Å². The molecular weight excluding hydrogens is 220 g/mol. The maximum Gasteiger partial charge on any atom is 0.178 e. The van der Waals surface area contributed by atoms with Gasteiger partial charge in [0.2, 0.25) is 0 Å². The largest absolute Gasteiger partial charge is 0.224 e. The first kappa shape index (κ1) is 13.2. The lowest BCUT2D eigenvalue weighted by atomic mass is 9.82. The van der Waals surface area contributed by atoms with Crippen LogP contribution in [0, 0.1) is 0 Å². The standard InChI is InChI=1S/C13H20O2S/c1-5-13(3,4)11-7-9-12(10-8-11)16(14,15)6-2/h7-10H,5-6H2,1-4H3. The molecule has 0 heterocycles. The van der Waals surface area contributed by atoms with Crippen LogP contribution in [0.4, 0.5) is 0 Å². The molecular formula is C13H20O2S. The van der Waals surface area contributed by atoms with Crippen LogP contribution in [0.2, 0.25) is 0 Å². The van der Waals surface area contributed by atoms with E-state index in [4.69, 9.17) is 0 Å². The Labute approximate surface area is 98.6 Å². The molecule has 0 aliphatic carbocycles. The average molecular weight is 240 g/mol. The van der Waals surface area contributed by atoms with Gasteiger partial charge in [-0.25, -0.2) is 8.42 Å². The SMILES string of the molecule is CCC(C)(C)c1ccc(S(=O)(=O)CC)cc1. The van der Waals surface area contributed by atoms with Crippen LogP contribution in [0.3, 0.4) is 0 Å². The predicted molar refractivity (Wildman–Crippen MR) is 67.5 cm³/mol. The lowest BCUT2D eigenvalue weighted by molar-refractivity contribution is 0.506. The summed E-state index contributed by atoms with van der Waals surface area (Å²) in [5, 5.41) is 0. The van der Waals surface area contributed by atoms with E-state index in [0.717, 1.165) is 6.42 Å². The molecule has 0 saturated heterocycles. The first-order valence-corrected chi connectivity index (χ1v) is 7.32. The Morgan fingerprint density at radius 1 is 1.06 bits per heavy atom. The summed E-state index contributed by atoms with van der Waals surface area (Å²) in [5.41, 5.74) is 1.29. The second-order valence-electron chi connectivity index (χ2n) is 4.67. The Balaban J connectivity index is 3.10. The van der Waals surface area contributed by atoms with E-state index in [-0.39, 0.29) is 11.2 Å². The van der Waals surface area contributed by atoms with Crippen LogP contribution < -0.4 is 0 Å². The number of hydrogen-bond acceptors (Lipinski definition) is 2. The maximum atomic E-state index is 11.6. The molecule has 0 saturated carbocycles. The van der Waals surface area contributed by atoms with E-state index in [0.29, 0.717) is 4.90 Å². The summed E-state index contributed by atoms with van der Waals surface area (Å²) in [7, 11) is -3.07. The van der Waals surface area contributed by atoms with Gasteiger partial charge in [0.1, 0.15) is 0 Å². The maximum absolute atomic E-state index is 11.6. The Bertz CT molecular complexity index is 441. The Morgan fingerprint density at radius 2 is 1.56 bits per heavy atom. The van der Waals surface area contributed by atoms with Crippen molar-refractivity contribution < 1.29 is 8.42 Å². The molecule has 0 radical (unpaired) electrons. The molecule has 0 aromatic heterocycles. The molecule has 1 aromatic carbocycles. The fourth-order valence-corrected chi connectivity index (χ4v) is 2.37. The minimum atomic E-state index is -3.07.